The monoisotopic (exact) mass is 472 g/mol. The van der Waals surface area contributed by atoms with Gasteiger partial charge in [0, 0.05) is 5.56 Å². The molecule has 3 unspecified atom stereocenters. The molecule has 0 aromatic heterocycles. The highest BCUT2D eigenvalue weighted by Gasteiger charge is 2.24. The second-order valence-corrected chi connectivity index (χ2v) is 9.51. The van der Waals surface area contributed by atoms with Gasteiger partial charge in [0.15, 0.2) is 5.78 Å². The number of benzene rings is 1. The summed E-state index contributed by atoms with van der Waals surface area (Å²) in [6.07, 6.45) is 8.05. The predicted octanol–water partition coefficient (Wildman–Crippen LogP) is 5.77. The number of aromatic hydroxyl groups is 1. The van der Waals surface area contributed by atoms with Gasteiger partial charge >= 0.3 is 5.97 Å². The van der Waals surface area contributed by atoms with Crippen LogP contribution < -0.4 is 4.74 Å². The second-order valence-electron chi connectivity index (χ2n) is 9.51. The van der Waals surface area contributed by atoms with Gasteiger partial charge in [0.25, 0.3) is 0 Å². The van der Waals surface area contributed by atoms with Crippen molar-refractivity contribution in [2.45, 2.75) is 84.8 Å². The minimum absolute atomic E-state index is 0.00869. The van der Waals surface area contributed by atoms with Gasteiger partial charge in [-0.2, -0.15) is 0 Å². The highest BCUT2D eigenvalue weighted by molar-refractivity contribution is 5.94. The third kappa shape index (κ3) is 10.4. The third-order valence-electron chi connectivity index (χ3n) is 5.79. The number of aliphatic hydroxyl groups excluding tert-OH is 1. The van der Waals surface area contributed by atoms with Crippen LogP contribution in [0.3, 0.4) is 0 Å². The number of carboxylic acid groups (broad SMARTS) is 1. The molecule has 188 valence electrons. The van der Waals surface area contributed by atoms with Crippen molar-refractivity contribution >= 4 is 11.8 Å². The summed E-state index contributed by atoms with van der Waals surface area (Å²) in [5, 5.41) is 29.0. The summed E-state index contributed by atoms with van der Waals surface area (Å²) in [7, 11) is 0. The lowest BCUT2D eigenvalue weighted by atomic mass is 9.93. The van der Waals surface area contributed by atoms with Crippen LogP contribution in [0.25, 0.3) is 0 Å². The lowest BCUT2D eigenvalue weighted by molar-refractivity contribution is -0.136. The van der Waals surface area contributed by atoms with Crippen molar-refractivity contribution in [3.8, 4) is 11.5 Å². The summed E-state index contributed by atoms with van der Waals surface area (Å²) in [5.41, 5.74) is 1.81. The maximum absolute atomic E-state index is 12.0. The van der Waals surface area contributed by atoms with E-state index in [0.717, 1.165) is 31.3 Å². The number of hydrogen-bond acceptors (Lipinski definition) is 5. The highest BCUT2D eigenvalue weighted by atomic mass is 16.5. The molecule has 0 aliphatic carbocycles. The smallest absolute Gasteiger partial charge is 0.307 e. The van der Waals surface area contributed by atoms with E-state index in [1.807, 2.05) is 27.7 Å². The number of phenols is 1. The Labute approximate surface area is 203 Å². The van der Waals surface area contributed by atoms with Crippen molar-refractivity contribution in [2.75, 3.05) is 0 Å². The van der Waals surface area contributed by atoms with Crippen LogP contribution in [0.2, 0.25) is 0 Å². The first kappa shape index (κ1) is 29.2. The van der Waals surface area contributed by atoms with Crippen LogP contribution in [0.4, 0.5) is 0 Å². The SMILES string of the molecule is C=CC(C)(CC/C=C(\C)CCCC(C)C(O)C(=O)C=C(C)C)Oc1ccc(O)cc1CC(=O)O. The summed E-state index contributed by atoms with van der Waals surface area (Å²) < 4.78 is 6.12. The van der Waals surface area contributed by atoms with Crippen molar-refractivity contribution < 1.29 is 29.6 Å². The Hall–Kier alpha value is -2.86. The van der Waals surface area contributed by atoms with Crippen molar-refractivity contribution in [3.63, 3.8) is 0 Å². The van der Waals surface area contributed by atoms with E-state index in [1.165, 1.54) is 23.8 Å². The van der Waals surface area contributed by atoms with E-state index in [1.54, 1.807) is 12.1 Å². The average molecular weight is 473 g/mol. The normalized spacial score (nSPS) is 15.1. The zero-order chi connectivity index (χ0) is 25.9. The first-order chi connectivity index (χ1) is 15.9. The molecule has 0 radical (unpaired) electrons. The molecule has 0 bridgehead atoms. The van der Waals surface area contributed by atoms with Gasteiger partial charge in [-0.15, -0.1) is 0 Å². The van der Waals surface area contributed by atoms with Crippen LogP contribution in [0, 0.1) is 5.92 Å². The number of aliphatic carboxylic acids is 1. The minimum Gasteiger partial charge on any atom is -0.508 e. The molecule has 0 saturated carbocycles. The standard InChI is InChI=1S/C28H40O6/c1-7-28(6,34-25-14-13-23(29)17-22(25)18-26(31)32)15-9-11-20(4)10-8-12-21(5)27(33)24(30)16-19(2)3/h7,11,13-14,16-17,21,27,29,33H,1,8-10,12,15,18H2,2-6H3,(H,31,32)/b20-11+. The summed E-state index contributed by atoms with van der Waals surface area (Å²) >= 11 is 0. The third-order valence-corrected chi connectivity index (χ3v) is 5.79. The number of hydrogen-bond donors (Lipinski definition) is 3. The van der Waals surface area contributed by atoms with Gasteiger partial charge in [-0.1, -0.05) is 30.7 Å². The van der Waals surface area contributed by atoms with Gasteiger partial charge in [-0.25, -0.2) is 0 Å². The zero-order valence-electron chi connectivity index (χ0n) is 21.1. The summed E-state index contributed by atoms with van der Waals surface area (Å²) in [6, 6.07) is 4.45. The van der Waals surface area contributed by atoms with Gasteiger partial charge in [0.1, 0.15) is 23.2 Å². The lowest BCUT2D eigenvalue weighted by Gasteiger charge is -2.28. The van der Waals surface area contributed by atoms with Gasteiger partial charge in [-0.3, -0.25) is 9.59 Å². The summed E-state index contributed by atoms with van der Waals surface area (Å²) in [4.78, 5) is 23.1. The molecule has 0 spiro atoms. The molecule has 6 nitrogen and oxygen atoms in total. The van der Waals surface area contributed by atoms with E-state index >= 15 is 0 Å². The maximum atomic E-state index is 12.0. The molecule has 0 amide bonds. The van der Waals surface area contributed by atoms with E-state index in [4.69, 9.17) is 9.84 Å². The fourth-order valence-corrected chi connectivity index (χ4v) is 3.63. The number of phenolic OH excluding ortho intramolecular Hbond substituents is 1. The first-order valence-electron chi connectivity index (χ1n) is 11.8. The fourth-order valence-electron chi connectivity index (χ4n) is 3.63. The van der Waals surface area contributed by atoms with Gasteiger partial charge < -0.3 is 20.1 Å². The molecule has 1 aromatic rings. The summed E-state index contributed by atoms with van der Waals surface area (Å²) in [6.45, 7) is 13.4. The number of ketones is 1. The van der Waals surface area contributed by atoms with Crippen LogP contribution in [0.15, 0.2) is 54.2 Å². The molecule has 6 heteroatoms. The van der Waals surface area contributed by atoms with Gasteiger partial charge in [-0.05, 0) is 96.1 Å². The Kier molecular flexibility index (Phi) is 11.8. The first-order valence-corrected chi connectivity index (χ1v) is 11.8. The lowest BCUT2D eigenvalue weighted by Crippen LogP contribution is -2.30. The van der Waals surface area contributed by atoms with E-state index in [2.05, 4.69) is 19.6 Å². The number of rotatable bonds is 15. The topological polar surface area (TPSA) is 104 Å². The number of aliphatic hydroxyl groups is 1. The Balaban J connectivity index is 2.62. The van der Waals surface area contributed by atoms with E-state index in [-0.39, 0.29) is 23.9 Å². The van der Waals surface area contributed by atoms with Crippen molar-refractivity contribution in [1.82, 2.24) is 0 Å². The van der Waals surface area contributed by atoms with Crippen LogP contribution in [0.5, 0.6) is 11.5 Å². The Morgan fingerprint density at radius 1 is 1.24 bits per heavy atom. The van der Waals surface area contributed by atoms with Crippen molar-refractivity contribution in [3.05, 3.63) is 59.7 Å². The van der Waals surface area contributed by atoms with E-state index in [0.29, 0.717) is 17.7 Å². The molecule has 0 heterocycles. The van der Waals surface area contributed by atoms with E-state index < -0.39 is 17.7 Å². The molecular formula is C28H40O6. The molecule has 0 aliphatic rings. The Morgan fingerprint density at radius 3 is 2.50 bits per heavy atom. The number of carbonyl (C=O) groups is 2. The molecule has 3 N–H and O–H groups in total. The van der Waals surface area contributed by atoms with E-state index in [9.17, 15) is 19.8 Å². The molecule has 0 fully saturated rings. The Morgan fingerprint density at radius 2 is 1.91 bits per heavy atom. The number of carbonyl (C=O) groups excluding carboxylic acids is 1. The van der Waals surface area contributed by atoms with Crippen LogP contribution in [-0.4, -0.2) is 38.8 Å². The molecule has 0 aliphatic heterocycles. The van der Waals surface area contributed by atoms with Crippen LogP contribution in [-0.2, 0) is 16.0 Å². The molecule has 34 heavy (non-hydrogen) atoms. The van der Waals surface area contributed by atoms with Crippen LogP contribution in [0.1, 0.15) is 72.3 Å². The van der Waals surface area contributed by atoms with Crippen LogP contribution >= 0.6 is 0 Å². The Bertz CT molecular complexity index is 909. The van der Waals surface area contributed by atoms with Crippen molar-refractivity contribution in [2.24, 2.45) is 5.92 Å². The largest absolute Gasteiger partial charge is 0.508 e. The average Bonchev–Trinajstić information content (AvgIpc) is 2.74. The number of carboxylic acids is 1. The minimum atomic E-state index is -1.00. The molecule has 3 atom stereocenters. The van der Waals surface area contributed by atoms with Gasteiger partial charge in [0.05, 0.1) is 6.42 Å². The maximum Gasteiger partial charge on any atom is 0.307 e. The fraction of sp³-hybridized carbons (Fsp3) is 0.500. The predicted molar refractivity (Wildman–Crippen MR) is 135 cm³/mol. The highest BCUT2D eigenvalue weighted by Crippen LogP contribution is 2.30. The summed E-state index contributed by atoms with van der Waals surface area (Å²) in [5.74, 6) is -0.927. The number of allylic oxidation sites excluding steroid dienone is 3. The molecule has 1 aromatic carbocycles. The van der Waals surface area contributed by atoms with Gasteiger partial charge in [0.2, 0.25) is 0 Å². The molecule has 1 rings (SSSR count). The number of ether oxygens (including phenoxy) is 1. The van der Waals surface area contributed by atoms with Crippen molar-refractivity contribution in [1.29, 1.82) is 0 Å². The quantitative estimate of drug-likeness (QED) is 0.221. The molecule has 0 saturated heterocycles. The zero-order valence-corrected chi connectivity index (χ0v) is 21.1. The molecular weight excluding hydrogens is 432 g/mol. The second kappa shape index (κ2) is 13.8.